The van der Waals surface area contributed by atoms with Crippen molar-refractivity contribution in [3.63, 3.8) is 0 Å². The van der Waals surface area contributed by atoms with Crippen molar-refractivity contribution in [2.45, 2.75) is 19.4 Å². The molecule has 0 aromatic carbocycles. The second kappa shape index (κ2) is 5.16. The molecule has 1 rings (SSSR count). The lowest BCUT2D eigenvalue weighted by Crippen LogP contribution is -2.04. The molecule has 0 saturated carbocycles. The highest BCUT2D eigenvalue weighted by atomic mass is 16.5. The van der Waals surface area contributed by atoms with Crippen LogP contribution in [0.5, 0.6) is 0 Å². The second-order valence-corrected chi connectivity index (χ2v) is 2.83. The SMILES string of the molecule is COC(=O)CCCn1cc(C=O)cn1. The Morgan fingerprint density at radius 1 is 1.71 bits per heavy atom. The van der Waals surface area contributed by atoms with Crippen LogP contribution in [0, 0.1) is 0 Å². The van der Waals surface area contributed by atoms with Crippen molar-refractivity contribution in [2.24, 2.45) is 0 Å². The first-order valence-electron chi connectivity index (χ1n) is 4.30. The molecule has 0 bridgehead atoms. The molecular weight excluding hydrogens is 184 g/mol. The van der Waals surface area contributed by atoms with Crippen LogP contribution in [0.25, 0.3) is 0 Å². The summed E-state index contributed by atoms with van der Waals surface area (Å²) in [4.78, 5) is 21.1. The highest BCUT2D eigenvalue weighted by molar-refractivity contribution is 5.73. The van der Waals surface area contributed by atoms with Crippen LogP contribution < -0.4 is 0 Å². The number of hydrogen-bond acceptors (Lipinski definition) is 4. The molecule has 0 N–H and O–H groups in total. The molecule has 5 heteroatoms. The molecule has 0 unspecified atom stereocenters. The minimum Gasteiger partial charge on any atom is -0.469 e. The maximum atomic E-state index is 10.8. The molecule has 0 amide bonds. The number of aryl methyl sites for hydroxylation is 1. The molecule has 0 saturated heterocycles. The number of carbonyl (C=O) groups is 2. The average molecular weight is 196 g/mol. The van der Waals surface area contributed by atoms with Crippen molar-refractivity contribution in [3.8, 4) is 0 Å². The number of aromatic nitrogens is 2. The molecule has 0 atom stereocenters. The van der Waals surface area contributed by atoms with E-state index >= 15 is 0 Å². The van der Waals surface area contributed by atoms with Gasteiger partial charge in [0.05, 0.1) is 18.9 Å². The molecule has 0 aliphatic heterocycles. The van der Waals surface area contributed by atoms with Gasteiger partial charge in [-0.15, -0.1) is 0 Å². The zero-order chi connectivity index (χ0) is 10.4. The van der Waals surface area contributed by atoms with Gasteiger partial charge in [0.1, 0.15) is 0 Å². The molecule has 14 heavy (non-hydrogen) atoms. The number of nitrogens with zero attached hydrogens (tertiary/aromatic N) is 2. The lowest BCUT2D eigenvalue weighted by atomic mass is 10.3. The largest absolute Gasteiger partial charge is 0.469 e. The van der Waals surface area contributed by atoms with Gasteiger partial charge < -0.3 is 4.74 Å². The Morgan fingerprint density at radius 3 is 3.07 bits per heavy atom. The fourth-order valence-corrected chi connectivity index (χ4v) is 1.05. The van der Waals surface area contributed by atoms with Gasteiger partial charge in [0.2, 0.25) is 0 Å². The molecule has 0 aliphatic carbocycles. The van der Waals surface area contributed by atoms with Crippen LogP contribution in [0.3, 0.4) is 0 Å². The summed E-state index contributed by atoms with van der Waals surface area (Å²) in [6, 6.07) is 0. The van der Waals surface area contributed by atoms with Crippen LogP contribution in [-0.4, -0.2) is 29.1 Å². The zero-order valence-electron chi connectivity index (χ0n) is 7.97. The molecule has 0 aliphatic rings. The quantitative estimate of drug-likeness (QED) is 0.512. The number of hydrogen-bond donors (Lipinski definition) is 0. The van der Waals surface area contributed by atoms with Gasteiger partial charge in [-0.05, 0) is 6.42 Å². The maximum absolute atomic E-state index is 10.8. The first-order valence-corrected chi connectivity index (χ1v) is 4.30. The normalized spacial score (nSPS) is 9.79. The van der Waals surface area contributed by atoms with Gasteiger partial charge in [0, 0.05) is 19.2 Å². The van der Waals surface area contributed by atoms with Crippen molar-refractivity contribution >= 4 is 12.3 Å². The summed E-state index contributed by atoms with van der Waals surface area (Å²) in [5.74, 6) is -0.229. The van der Waals surface area contributed by atoms with Crippen LogP contribution in [0.1, 0.15) is 23.2 Å². The summed E-state index contributed by atoms with van der Waals surface area (Å²) in [6.07, 6.45) is 4.90. The van der Waals surface area contributed by atoms with E-state index in [-0.39, 0.29) is 5.97 Å². The number of esters is 1. The van der Waals surface area contributed by atoms with Crippen LogP contribution in [0.15, 0.2) is 12.4 Å². The molecule has 1 heterocycles. The van der Waals surface area contributed by atoms with Gasteiger partial charge in [-0.2, -0.15) is 5.10 Å². The Morgan fingerprint density at radius 2 is 2.50 bits per heavy atom. The van der Waals surface area contributed by atoms with Gasteiger partial charge >= 0.3 is 5.97 Å². The highest BCUT2D eigenvalue weighted by Crippen LogP contribution is 1.98. The number of rotatable bonds is 5. The van der Waals surface area contributed by atoms with E-state index in [1.54, 1.807) is 10.9 Å². The average Bonchev–Trinajstić information content (AvgIpc) is 2.65. The van der Waals surface area contributed by atoms with Gasteiger partial charge in [0.15, 0.2) is 6.29 Å². The summed E-state index contributed by atoms with van der Waals surface area (Å²) >= 11 is 0. The summed E-state index contributed by atoms with van der Waals surface area (Å²) in [5.41, 5.74) is 0.545. The second-order valence-electron chi connectivity index (χ2n) is 2.83. The summed E-state index contributed by atoms with van der Waals surface area (Å²) in [6.45, 7) is 0.614. The van der Waals surface area contributed by atoms with Crippen molar-refractivity contribution < 1.29 is 14.3 Å². The lowest BCUT2D eigenvalue weighted by Gasteiger charge is -1.99. The summed E-state index contributed by atoms with van der Waals surface area (Å²) in [7, 11) is 1.36. The van der Waals surface area contributed by atoms with Gasteiger partial charge in [0.25, 0.3) is 0 Å². The number of carbonyl (C=O) groups excluding carboxylic acids is 2. The van der Waals surface area contributed by atoms with Gasteiger partial charge in [-0.1, -0.05) is 0 Å². The van der Waals surface area contributed by atoms with E-state index in [1.165, 1.54) is 13.3 Å². The number of ether oxygens (including phenoxy) is 1. The van der Waals surface area contributed by atoms with Crippen LogP contribution in [-0.2, 0) is 16.1 Å². The van der Waals surface area contributed by atoms with E-state index in [4.69, 9.17) is 0 Å². The van der Waals surface area contributed by atoms with Gasteiger partial charge in [-0.25, -0.2) is 0 Å². The van der Waals surface area contributed by atoms with Crippen LogP contribution >= 0.6 is 0 Å². The Kier molecular flexibility index (Phi) is 3.84. The molecule has 76 valence electrons. The predicted octanol–water partition coefficient (Wildman–Crippen LogP) is 0.649. The minimum absolute atomic E-state index is 0.229. The third kappa shape index (κ3) is 3.01. The first kappa shape index (κ1) is 10.4. The standard InChI is InChI=1S/C9H12N2O3/c1-14-9(13)3-2-4-11-6-8(7-12)5-10-11/h5-7H,2-4H2,1H3. The third-order valence-corrected chi connectivity index (χ3v) is 1.79. The predicted molar refractivity (Wildman–Crippen MR) is 48.9 cm³/mol. The smallest absolute Gasteiger partial charge is 0.305 e. The van der Waals surface area contributed by atoms with Crippen LogP contribution in [0.2, 0.25) is 0 Å². The number of methoxy groups -OCH3 is 1. The van der Waals surface area contributed by atoms with Crippen molar-refractivity contribution in [1.29, 1.82) is 0 Å². The first-order chi connectivity index (χ1) is 6.76. The van der Waals surface area contributed by atoms with E-state index in [9.17, 15) is 9.59 Å². The summed E-state index contributed by atoms with van der Waals surface area (Å²) in [5, 5.41) is 3.94. The van der Waals surface area contributed by atoms with Crippen molar-refractivity contribution in [2.75, 3.05) is 7.11 Å². The Bertz CT molecular complexity index is 320. The Labute approximate surface area is 81.7 Å². The van der Waals surface area contributed by atoms with E-state index in [1.807, 2.05) is 0 Å². The molecular formula is C9H12N2O3. The molecule has 0 fully saturated rings. The van der Waals surface area contributed by atoms with Crippen molar-refractivity contribution in [3.05, 3.63) is 18.0 Å². The van der Waals surface area contributed by atoms with E-state index in [2.05, 4.69) is 9.84 Å². The number of aldehydes is 1. The molecule has 0 radical (unpaired) electrons. The fraction of sp³-hybridized carbons (Fsp3) is 0.444. The summed E-state index contributed by atoms with van der Waals surface area (Å²) < 4.78 is 6.12. The Balaban J connectivity index is 2.31. The minimum atomic E-state index is -0.229. The monoisotopic (exact) mass is 196 g/mol. The molecule has 1 aromatic rings. The topological polar surface area (TPSA) is 61.2 Å². The van der Waals surface area contributed by atoms with Crippen molar-refractivity contribution in [1.82, 2.24) is 9.78 Å². The van der Waals surface area contributed by atoms with Gasteiger partial charge in [-0.3, -0.25) is 14.3 Å². The third-order valence-electron chi connectivity index (χ3n) is 1.79. The maximum Gasteiger partial charge on any atom is 0.305 e. The van der Waals surface area contributed by atoms with E-state index in [0.29, 0.717) is 24.9 Å². The Hall–Kier alpha value is -1.65. The van der Waals surface area contributed by atoms with E-state index < -0.39 is 0 Å². The molecule has 0 spiro atoms. The highest BCUT2D eigenvalue weighted by Gasteiger charge is 2.01. The van der Waals surface area contributed by atoms with Crippen LogP contribution in [0.4, 0.5) is 0 Å². The lowest BCUT2D eigenvalue weighted by molar-refractivity contribution is -0.140. The molecule has 1 aromatic heterocycles. The van der Waals surface area contributed by atoms with E-state index in [0.717, 1.165) is 6.29 Å². The fourth-order valence-electron chi connectivity index (χ4n) is 1.05. The zero-order valence-corrected chi connectivity index (χ0v) is 7.97. The molecule has 5 nitrogen and oxygen atoms in total.